The van der Waals surface area contributed by atoms with Crippen LogP contribution in [-0.4, -0.2) is 51.0 Å². The second kappa shape index (κ2) is 10.6. The third kappa shape index (κ3) is 4.87. The Balaban J connectivity index is 1.79. The Bertz CT molecular complexity index is 1060. The summed E-state index contributed by atoms with van der Waals surface area (Å²) in [6.07, 6.45) is 7.81. The molecule has 1 aliphatic carbocycles. The SMILES string of the molecule is C=C1[C@@H](C)[C@H]2[C@H](Cc3ccccc3O)NC(=O)[C@]23OC(=O)C=C[C@H](O)CCC[C@@H](C)CC=C[C@H]3[C@@H]1O. The average Bonchev–Trinajstić information content (AvgIpc) is 3.10. The quantitative estimate of drug-likeness (QED) is 0.370. The molecular formula is C29H37NO6. The van der Waals surface area contributed by atoms with Gasteiger partial charge in [0, 0.05) is 18.0 Å². The summed E-state index contributed by atoms with van der Waals surface area (Å²) in [4.78, 5) is 26.8. The van der Waals surface area contributed by atoms with Crippen LogP contribution < -0.4 is 5.32 Å². The molecule has 36 heavy (non-hydrogen) atoms. The van der Waals surface area contributed by atoms with Crippen molar-refractivity contribution in [1.82, 2.24) is 5.32 Å². The molecule has 1 aromatic carbocycles. The van der Waals surface area contributed by atoms with Crippen LogP contribution in [0, 0.1) is 23.7 Å². The molecule has 2 fully saturated rings. The summed E-state index contributed by atoms with van der Waals surface area (Å²) in [6, 6.07) is 6.49. The first-order valence-electron chi connectivity index (χ1n) is 12.9. The number of carbonyl (C=O) groups is 2. The van der Waals surface area contributed by atoms with Crippen molar-refractivity contribution in [2.24, 2.45) is 23.7 Å². The number of para-hydroxylation sites is 1. The standard InChI is InChI=1S/C29H37NO6/c1-17-8-6-11-21(31)14-15-25(33)36-29-22(12-7-9-17)27(34)19(3)18(2)26(29)23(30-28(29)35)16-20-10-4-5-13-24(20)32/h4-5,7,10,12-15,17-18,21-23,26-27,31-32,34H,3,6,8-9,11,16H2,1-2H3,(H,30,35)/t17-,18-,21-,22+,23+,26+,27-,29-/m1/s1. The number of aliphatic hydroxyl groups is 2. The van der Waals surface area contributed by atoms with Crippen LogP contribution in [0.3, 0.4) is 0 Å². The van der Waals surface area contributed by atoms with E-state index in [9.17, 15) is 24.9 Å². The minimum absolute atomic E-state index is 0.125. The molecule has 1 aromatic rings. The van der Waals surface area contributed by atoms with Gasteiger partial charge in [0.2, 0.25) is 5.60 Å². The van der Waals surface area contributed by atoms with E-state index in [1.165, 1.54) is 12.2 Å². The number of aliphatic hydroxyl groups excluding tert-OH is 2. The Morgan fingerprint density at radius 1 is 1.14 bits per heavy atom. The molecule has 0 radical (unpaired) electrons. The lowest BCUT2D eigenvalue weighted by Gasteiger charge is -2.49. The van der Waals surface area contributed by atoms with Crippen molar-refractivity contribution in [3.8, 4) is 5.75 Å². The maximum Gasteiger partial charge on any atom is 0.331 e. The third-order valence-corrected chi connectivity index (χ3v) is 8.17. The zero-order valence-electron chi connectivity index (χ0n) is 21.0. The highest BCUT2D eigenvalue weighted by molar-refractivity contribution is 5.94. The molecule has 1 saturated heterocycles. The number of phenolic OH excluding ortho intramolecular Hbond substituents is 1. The van der Waals surface area contributed by atoms with Gasteiger partial charge in [0.1, 0.15) is 5.75 Å². The van der Waals surface area contributed by atoms with Crippen LogP contribution in [0.25, 0.3) is 0 Å². The van der Waals surface area contributed by atoms with Gasteiger partial charge in [-0.25, -0.2) is 4.79 Å². The monoisotopic (exact) mass is 495 g/mol. The Labute approximate surface area is 212 Å². The molecule has 0 unspecified atom stereocenters. The molecule has 7 heteroatoms. The van der Waals surface area contributed by atoms with Gasteiger partial charge < -0.3 is 25.4 Å². The van der Waals surface area contributed by atoms with Crippen LogP contribution in [0.1, 0.15) is 45.1 Å². The smallest absolute Gasteiger partial charge is 0.331 e. The second-order valence-corrected chi connectivity index (χ2v) is 10.6. The Hall–Kier alpha value is -2.90. The molecule has 8 atom stereocenters. The van der Waals surface area contributed by atoms with Crippen molar-refractivity contribution in [2.75, 3.05) is 0 Å². The Morgan fingerprint density at radius 3 is 2.64 bits per heavy atom. The number of carbonyl (C=O) groups excluding carboxylic acids is 2. The van der Waals surface area contributed by atoms with Gasteiger partial charge in [-0.1, -0.05) is 63.6 Å². The van der Waals surface area contributed by atoms with E-state index in [0.29, 0.717) is 29.9 Å². The topological polar surface area (TPSA) is 116 Å². The van der Waals surface area contributed by atoms with Crippen LogP contribution in [0.4, 0.5) is 0 Å². The van der Waals surface area contributed by atoms with Gasteiger partial charge in [0.05, 0.1) is 18.1 Å². The largest absolute Gasteiger partial charge is 0.508 e. The summed E-state index contributed by atoms with van der Waals surface area (Å²) in [7, 11) is 0. The minimum atomic E-state index is -1.66. The summed E-state index contributed by atoms with van der Waals surface area (Å²) in [5.74, 6) is -2.43. The summed E-state index contributed by atoms with van der Waals surface area (Å²) in [5.41, 5.74) is -0.411. The number of esters is 1. The second-order valence-electron chi connectivity index (χ2n) is 10.6. The molecule has 194 valence electrons. The lowest BCUT2D eigenvalue weighted by molar-refractivity contribution is -0.182. The van der Waals surface area contributed by atoms with Gasteiger partial charge in [-0.05, 0) is 54.4 Å². The molecule has 7 nitrogen and oxygen atoms in total. The predicted molar refractivity (Wildman–Crippen MR) is 136 cm³/mol. The van der Waals surface area contributed by atoms with Gasteiger partial charge in [0.25, 0.3) is 5.91 Å². The van der Waals surface area contributed by atoms with Crippen LogP contribution in [0.2, 0.25) is 0 Å². The molecule has 2 heterocycles. The molecular weight excluding hydrogens is 458 g/mol. The first kappa shape index (κ1) is 26.2. The van der Waals surface area contributed by atoms with Crippen molar-refractivity contribution in [2.45, 2.75) is 69.8 Å². The summed E-state index contributed by atoms with van der Waals surface area (Å²) in [5, 5.41) is 35.0. The fourth-order valence-corrected chi connectivity index (χ4v) is 6.15. The summed E-state index contributed by atoms with van der Waals surface area (Å²) < 4.78 is 6.02. The Kier molecular flexibility index (Phi) is 7.71. The number of phenols is 1. The number of hydrogen-bond acceptors (Lipinski definition) is 6. The van der Waals surface area contributed by atoms with Gasteiger partial charge in [0.15, 0.2) is 0 Å². The average molecular weight is 496 g/mol. The van der Waals surface area contributed by atoms with Crippen LogP contribution >= 0.6 is 0 Å². The van der Waals surface area contributed by atoms with E-state index in [0.717, 1.165) is 19.3 Å². The normalized spacial score (nSPS) is 37.4. The lowest BCUT2D eigenvalue weighted by atomic mass is 9.59. The number of nitrogens with one attached hydrogen (secondary N) is 1. The number of rotatable bonds is 2. The van der Waals surface area contributed by atoms with E-state index < -0.39 is 47.6 Å². The number of benzene rings is 1. The first-order chi connectivity index (χ1) is 17.1. The molecule has 2 aliphatic heterocycles. The molecule has 4 N–H and O–H groups in total. The molecule has 4 rings (SSSR count). The number of allylic oxidation sites excluding steroid dienone is 1. The van der Waals surface area contributed by atoms with Crippen molar-refractivity contribution in [3.63, 3.8) is 0 Å². The van der Waals surface area contributed by atoms with E-state index >= 15 is 0 Å². The number of aromatic hydroxyl groups is 1. The first-order valence-corrected chi connectivity index (χ1v) is 12.9. The molecule has 3 aliphatic rings. The fourth-order valence-electron chi connectivity index (χ4n) is 6.15. The van der Waals surface area contributed by atoms with E-state index in [1.54, 1.807) is 18.2 Å². The highest BCUT2D eigenvalue weighted by Crippen LogP contribution is 2.52. The van der Waals surface area contributed by atoms with Crippen LogP contribution in [-0.2, 0) is 20.7 Å². The zero-order valence-corrected chi connectivity index (χ0v) is 21.0. The molecule has 1 amide bonds. The van der Waals surface area contributed by atoms with Gasteiger partial charge in [-0.15, -0.1) is 0 Å². The maximum absolute atomic E-state index is 13.8. The maximum atomic E-state index is 13.8. The van der Waals surface area contributed by atoms with E-state index in [4.69, 9.17) is 4.74 Å². The summed E-state index contributed by atoms with van der Waals surface area (Å²) in [6.45, 7) is 8.16. The van der Waals surface area contributed by atoms with E-state index in [-0.39, 0.29) is 11.7 Å². The van der Waals surface area contributed by atoms with Crippen molar-refractivity contribution < 1.29 is 29.6 Å². The highest BCUT2D eigenvalue weighted by atomic mass is 16.6. The van der Waals surface area contributed by atoms with Gasteiger partial charge >= 0.3 is 5.97 Å². The fraction of sp³-hybridized carbons (Fsp3) is 0.517. The van der Waals surface area contributed by atoms with Crippen molar-refractivity contribution in [1.29, 1.82) is 0 Å². The molecule has 1 spiro atoms. The molecule has 1 saturated carbocycles. The zero-order chi connectivity index (χ0) is 26.0. The minimum Gasteiger partial charge on any atom is -0.508 e. The third-order valence-electron chi connectivity index (χ3n) is 8.17. The van der Waals surface area contributed by atoms with Gasteiger partial charge in [-0.2, -0.15) is 0 Å². The van der Waals surface area contributed by atoms with E-state index in [2.05, 4.69) is 18.8 Å². The van der Waals surface area contributed by atoms with Crippen molar-refractivity contribution in [3.05, 3.63) is 66.3 Å². The number of amides is 1. The van der Waals surface area contributed by atoms with Crippen LogP contribution in [0.5, 0.6) is 5.75 Å². The molecule has 0 aromatic heterocycles. The lowest BCUT2D eigenvalue weighted by Crippen LogP contribution is -2.61. The molecule has 0 bridgehead atoms. The number of ether oxygens (including phenoxy) is 1. The van der Waals surface area contributed by atoms with E-state index in [1.807, 2.05) is 25.1 Å². The van der Waals surface area contributed by atoms with Gasteiger partial charge in [-0.3, -0.25) is 4.79 Å². The van der Waals surface area contributed by atoms with Crippen LogP contribution in [0.15, 0.2) is 60.7 Å². The Morgan fingerprint density at radius 2 is 1.89 bits per heavy atom. The summed E-state index contributed by atoms with van der Waals surface area (Å²) >= 11 is 0. The predicted octanol–water partition coefficient (Wildman–Crippen LogP) is 3.20. The van der Waals surface area contributed by atoms with Crippen molar-refractivity contribution >= 4 is 11.9 Å². The highest BCUT2D eigenvalue weighted by Gasteiger charge is 2.67. The number of hydrogen-bond donors (Lipinski definition) is 4.